The molecule has 0 saturated carbocycles. The summed E-state index contributed by atoms with van der Waals surface area (Å²) in [5.41, 5.74) is 1.29. The number of thiophene rings is 1. The number of hydrogen-bond donors (Lipinski definition) is 1. The fourth-order valence-electron chi connectivity index (χ4n) is 2.12. The van der Waals surface area contributed by atoms with Crippen LogP contribution in [0.1, 0.15) is 29.1 Å². The Balaban J connectivity index is 1.97. The highest BCUT2D eigenvalue weighted by Gasteiger charge is 2.11. The van der Waals surface area contributed by atoms with Crippen molar-refractivity contribution < 1.29 is 9.59 Å². The molecule has 1 aromatic heterocycles. The molecule has 1 N–H and O–H groups in total. The highest BCUT2D eigenvalue weighted by atomic mass is 32.1. The number of rotatable bonds is 6. The predicted octanol–water partition coefficient (Wildman–Crippen LogP) is 3.88. The average Bonchev–Trinajstić information content (AvgIpc) is 3.08. The van der Waals surface area contributed by atoms with Crippen molar-refractivity contribution in [2.75, 3.05) is 18.4 Å². The Labute approximate surface area is 140 Å². The molecule has 5 heteroatoms. The summed E-state index contributed by atoms with van der Waals surface area (Å²) in [7, 11) is 0. The number of hydrogen-bond acceptors (Lipinski definition) is 3. The van der Waals surface area contributed by atoms with Gasteiger partial charge in [-0.1, -0.05) is 6.07 Å². The molecule has 0 spiro atoms. The Morgan fingerprint density at radius 2 is 1.83 bits per heavy atom. The van der Waals surface area contributed by atoms with Crippen molar-refractivity contribution in [1.29, 1.82) is 0 Å². The van der Waals surface area contributed by atoms with Gasteiger partial charge in [0, 0.05) is 35.3 Å². The molecule has 0 saturated heterocycles. The minimum absolute atomic E-state index is 0.00506. The van der Waals surface area contributed by atoms with Crippen molar-refractivity contribution in [2.45, 2.75) is 13.8 Å². The zero-order valence-corrected chi connectivity index (χ0v) is 14.1. The third kappa shape index (κ3) is 4.79. The van der Waals surface area contributed by atoms with E-state index in [1.165, 1.54) is 6.08 Å². The minimum Gasteiger partial charge on any atom is -0.339 e. The van der Waals surface area contributed by atoms with Gasteiger partial charge in [-0.05, 0) is 55.6 Å². The van der Waals surface area contributed by atoms with Gasteiger partial charge in [0.25, 0.3) is 5.91 Å². The van der Waals surface area contributed by atoms with Gasteiger partial charge < -0.3 is 10.2 Å². The van der Waals surface area contributed by atoms with Gasteiger partial charge in [-0.15, -0.1) is 11.3 Å². The average molecular weight is 328 g/mol. The van der Waals surface area contributed by atoms with E-state index in [0.29, 0.717) is 24.3 Å². The SMILES string of the molecule is CCN(CC)C(=O)c1ccc(NC(=O)/C=C/c2cccs2)cc1. The van der Waals surface area contributed by atoms with Gasteiger partial charge >= 0.3 is 0 Å². The van der Waals surface area contributed by atoms with Gasteiger partial charge in [0.05, 0.1) is 0 Å². The maximum absolute atomic E-state index is 12.2. The summed E-state index contributed by atoms with van der Waals surface area (Å²) in [5, 5.41) is 4.74. The summed E-state index contributed by atoms with van der Waals surface area (Å²) in [4.78, 5) is 26.9. The summed E-state index contributed by atoms with van der Waals surface area (Å²) in [6.45, 7) is 5.27. The van der Waals surface area contributed by atoms with Crippen LogP contribution < -0.4 is 5.32 Å². The smallest absolute Gasteiger partial charge is 0.253 e. The Bertz CT molecular complexity index is 672. The second-order valence-corrected chi connectivity index (χ2v) is 5.87. The summed E-state index contributed by atoms with van der Waals surface area (Å²) in [5.74, 6) is -0.188. The Morgan fingerprint density at radius 3 is 2.39 bits per heavy atom. The molecule has 0 aliphatic rings. The summed E-state index contributed by atoms with van der Waals surface area (Å²) in [6.07, 6.45) is 3.28. The van der Waals surface area contributed by atoms with Crippen molar-refractivity contribution >= 4 is 34.9 Å². The van der Waals surface area contributed by atoms with E-state index in [4.69, 9.17) is 0 Å². The van der Waals surface area contributed by atoms with Crippen molar-refractivity contribution in [2.24, 2.45) is 0 Å². The van der Waals surface area contributed by atoms with Gasteiger partial charge in [0.15, 0.2) is 0 Å². The summed E-state index contributed by atoms with van der Waals surface area (Å²) >= 11 is 1.57. The summed E-state index contributed by atoms with van der Waals surface area (Å²) in [6, 6.07) is 10.8. The van der Waals surface area contributed by atoms with E-state index in [9.17, 15) is 9.59 Å². The van der Waals surface area contributed by atoms with Gasteiger partial charge in [0.1, 0.15) is 0 Å². The number of carbonyl (C=O) groups is 2. The standard InChI is InChI=1S/C18H20N2O2S/c1-3-20(4-2)18(22)14-7-9-15(10-8-14)19-17(21)12-11-16-6-5-13-23-16/h5-13H,3-4H2,1-2H3,(H,19,21)/b12-11+. The molecule has 0 aliphatic heterocycles. The lowest BCUT2D eigenvalue weighted by atomic mass is 10.1. The molecule has 0 atom stereocenters. The minimum atomic E-state index is -0.193. The quantitative estimate of drug-likeness (QED) is 0.818. The lowest BCUT2D eigenvalue weighted by Crippen LogP contribution is -2.30. The van der Waals surface area contributed by atoms with Crippen LogP contribution in [0.15, 0.2) is 47.9 Å². The van der Waals surface area contributed by atoms with Crippen LogP contribution in [0.2, 0.25) is 0 Å². The van der Waals surface area contributed by atoms with E-state index in [1.807, 2.05) is 31.4 Å². The van der Waals surface area contributed by atoms with E-state index in [0.717, 1.165) is 4.88 Å². The number of amides is 2. The fraction of sp³-hybridized carbons (Fsp3) is 0.222. The Morgan fingerprint density at radius 1 is 1.13 bits per heavy atom. The zero-order valence-electron chi connectivity index (χ0n) is 13.3. The van der Waals surface area contributed by atoms with E-state index < -0.39 is 0 Å². The van der Waals surface area contributed by atoms with Crippen LogP contribution in [0.5, 0.6) is 0 Å². The van der Waals surface area contributed by atoms with Crippen LogP contribution in [0, 0.1) is 0 Å². The van der Waals surface area contributed by atoms with E-state index >= 15 is 0 Å². The van der Waals surface area contributed by atoms with Crippen LogP contribution in [-0.4, -0.2) is 29.8 Å². The molecule has 4 nitrogen and oxygen atoms in total. The second-order valence-electron chi connectivity index (χ2n) is 4.89. The van der Waals surface area contributed by atoms with E-state index in [1.54, 1.807) is 46.6 Å². The largest absolute Gasteiger partial charge is 0.339 e. The maximum Gasteiger partial charge on any atom is 0.253 e. The fourth-order valence-corrected chi connectivity index (χ4v) is 2.74. The van der Waals surface area contributed by atoms with Crippen LogP contribution in [0.25, 0.3) is 6.08 Å². The van der Waals surface area contributed by atoms with Gasteiger partial charge in [0.2, 0.25) is 5.91 Å². The van der Waals surface area contributed by atoms with Crippen molar-refractivity contribution in [3.8, 4) is 0 Å². The number of anilines is 1. The predicted molar refractivity (Wildman–Crippen MR) is 95.7 cm³/mol. The molecular weight excluding hydrogens is 308 g/mol. The number of benzene rings is 1. The first kappa shape index (κ1) is 17.0. The topological polar surface area (TPSA) is 49.4 Å². The van der Waals surface area contributed by atoms with E-state index in [-0.39, 0.29) is 11.8 Å². The van der Waals surface area contributed by atoms with Crippen molar-refractivity contribution in [3.63, 3.8) is 0 Å². The molecule has 2 aromatic rings. The van der Waals surface area contributed by atoms with Gasteiger partial charge in [-0.25, -0.2) is 0 Å². The molecule has 1 aromatic carbocycles. The number of nitrogens with one attached hydrogen (secondary N) is 1. The van der Waals surface area contributed by atoms with E-state index in [2.05, 4.69) is 5.32 Å². The molecule has 120 valence electrons. The van der Waals surface area contributed by atoms with Crippen LogP contribution in [0.3, 0.4) is 0 Å². The lowest BCUT2D eigenvalue weighted by molar-refractivity contribution is -0.111. The lowest BCUT2D eigenvalue weighted by Gasteiger charge is -2.18. The highest BCUT2D eigenvalue weighted by molar-refractivity contribution is 7.10. The normalized spacial score (nSPS) is 10.7. The number of nitrogens with zero attached hydrogens (tertiary/aromatic N) is 1. The number of carbonyl (C=O) groups excluding carboxylic acids is 2. The third-order valence-electron chi connectivity index (χ3n) is 3.39. The molecule has 0 radical (unpaired) electrons. The van der Waals surface area contributed by atoms with Gasteiger partial charge in [-0.2, -0.15) is 0 Å². The summed E-state index contributed by atoms with van der Waals surface area (Å²) < 4.78 is 0. The first-order valence-corrected chi connectivity index (χ1v) is 8.44. The Hall–Kier alpha value is -2.40. The van der Waals surface area contributed by atoms with Crippen molar-refractivity contribution in [1.82, 2.24) is 4.90 Å². The second kappa shape index (κ2) is 8.29. The molecule has 0 unspecified atom stereocenters. The third-order valence-corrected chi connectivity index (χ3v) is 4.23. The van der Waals surface area contributed by atoms with Gasteiger partial charge in [-0.3, -0.25) is 9.59 Å². The molecular formula is C18H20N2O2S. The van der Waals surface area contributed by atoms with Crippen LogP contribution >= 0.6 is 11.3 Å². The zero-order chi connectivity index (χ0) is 16.7. The molecule has 1 heterocycles. The van der Waals surface area contributed by atoms with Crippen LogP contribution in [-0.2, 0) is 4.79 Å². The molecule has 2 amide bonds. The first-order chi connectivity index (χ1) is 11.1. The maximum atomic E-state index is 12.2. The van der Waals surface area contributed by atoms with Crippen molar-refractivity contribution in [3.05, 3.63) is 58.3 Å². The monoisotopic (exact) mass is 328 g/mol. The molecule has 0 bridgehead atoms. The first-order valence-electron chi connectivity index (χ1n) is 7.56. The highest BCUT2D eigenvalue weighted by Crippen LogP contribution is 2.13. The van der Waals surface area contributed by atoms with Crippen LogP contribution in [0.4, 0.5) is 5.69 Å². The molecule has 0 aliphatic carbocycles. The Kier molecular flexibility index (Phi) is 6.11. The molecule has 23 heavy (non-hydrogen) atoms. The molecule has 2 rings (SSSR count). The molecule has 0 fully saturated rings.